The molecular formula is C21H22N4O3. The molecule has 0 unspecified atom stereocenters. The van der Waals surface area contributed by atoms with Crippen molar-refractivity contribution in [1.29, 1.82) is 0 Å². The summed E-state index contributed by atoms with van der Waals surface area (Å²) in [4.78, 5) is 37.8. The molecule has 1 saturated heterocycles. The maximum absolute atomic E-state index is 13.0. The number of pyridine rings is 2. The highest BCUT2D eigenvalue weighted by Gasteiger charge is 2.50. The zero-order chi connectivity index (χ0) is 19.5. The van der Waals surface area contributed by atoms with Gasteiger partial charge in [-0.3, -0.25) is 19.6 Å². The van der Waals surface area contributed by atoms with E-state index in [1.165, 1.54) is 0 Å². The monoisotopic (exact) mass is 378 g/mol. The van der Waals surface area contributed by atoms with Crippen LogP contribution in [0.25, 0.3) is 0 Å². The van der Waals surface area contributed by atoms with Gasteiger partial charge in [-0.1, -0.05) is 13.0 Å². The van der Waals surface area contributed by atoms with Crippen molar-refractivity contribution in [3.05, 3.63) is 46.8 Å². The third-order valence-corrected chi connectivity index (χ3v) is 5.97. The van der Waals surface area contributed by atoms with E-state index in [-0.39, 0.29) is 17.6 Å². The molecule has 1 saturated carbocycles. The minimum atomic E-state index is -0.353. The van der Waals surface area contributed by atoms with Crippen molar-refractivity contribution in [3.8, 4) is 0 Å². The van der Waals surface area contributed by atoms with Gasteiger partial charge in [-0.2, -0.15) is 0 Å². The zero-order valence-corrected chi connectivity index (χ0v) is 16.1. The summed E-state index contributed by atoms with van der Waals surface area (Å²) in [6.07, 6.45) is 3.32. The first-order valence-corrected chi connectivity index (χ1v) is 9.78. The van der Waals surface area contributed by atoms with Crippen LogP contribution < -0.4 is 9.80 Å². The molecule has 0 aromatic carbocycles. The lowest BCUT2D eigenvalue weighted by Crippen LogP contribution is -2.41. The van der Waals surface area contributed by atoms with Crippen LogP contribution in [-0.2, 0) is 17.7 Å². The number of ether oxygens (including phenoxy) is 1. The highest BCUT2D eigenvalue weighted by atomic mass is 16.6. The molecule has 3 aliphatic rings. The smallest absolute Gasteiger partial charge is 0.416 e. The Kier molecular flexibility index (Phi) is 3.69. The third-order valence-electron chi connectivity index (χ3n) is 5.97. The van der Waals surface area contributed by atoms with Gasteiger partial charge in [0.15, 0.2) is 0 Å². The van der Waals surface area contributed by atoms with Crippen molar-refractivity contribution in [2.75, 3.05) is 16.3 Å². The number of nitrogens with zero attached hydrogens (tertiary/aromatic N) is 4. The van der Waals surface area contributed by atoms with E-state index in [1.54, 1.807) is 21.9 Å². The maximum atomic E-state index is 13.0. The molecular weight excluding hydrogens is 356 g/mol. The lowest BCUT2D eigenvalue weighted by atomic mass is 9.80. The highest BCUT2D eigenvalue weighted by molar-refractivity contribution is 6.10. The first-order valence-electron chi connectivity index (χ1n) is 9.78. The number of aromatic nitrogens is 2. The average molecular weight is 378 g/mol. The summed E-state index contributed by atoms with van der Waals surface area (Å²) in [5.74, 6) is 1.00. The Bertz CT molecular complexity index is 999. The summed E-state index contributed by atoms with van der Waals surface area (Å²) in [7, 11) is 0. The quantitative estimate of drug-likeness (QED) is 0.818. The minimum absolute atomic E-state index is 0.0701. The molecule has 144 valence electrons. The zero-order valence-electron chi connectivity index (χ0n) is 16.1. The molecule has 0 atom stereocenters. The van der Waals surface area contributed by atoms with E-state index in [4.69, 9.17) is 4.74 Å². The number of carbonyl (C=O) groups excluding carboxylic acids is 2. The third kappa shape index (κ3) is 2.49. The largest absolute Gasteiger partial charge is 0.441 e. The summed E-state index contributed by atoms with van der Waals surface area (Å²) < 4.78 is 5.59. The topological polar surface area (TPSA) is 75.6 Å². The van der Waals surface area contributed by atoms with Gasteiger partial charge in [-0.25, -0.2) is 9.78 Å². The van der Waals surface area contributed by atoms with E-state index < -0.39 is 0 Å². The Morgan fingerprint density at radius 3 is 2.54 bits per heavy atom. The Labute approximate surface area is 163 Å². The maximum Gasteiger partial charge on any atom is 0.416 e. The lowest BCUT2D eigenvalue weighted by Gasteiger charge is -2.35. The molecule has 2 aromatic rings. The minimum Gasteiger partial charge on any atom is -0.441 e. The molecule has 2 amide bonds. The van der Waals surface area contributed by atoms with E-state index >= 15 is 0 Å². The Balaban J connectivity index is 1.46. The standard InChI is InChI=1S/C21H22N4O3/c1-3-16-15-11-24(19(26)14(15)10-13(2)22-16)17-6-4-7-18(23-17)25-12-21(8-5-9-21)28-20(25)27/h4,6-7,10H,3,5,8-9,11-12H2,1-2H3. The van der Waals surface area contributed by atoms with Gasteiger partial charge in [0.1, 0.15) is 17.2 Å². The van der Waals surface area contributed by atoms with Crippen LogP contribution in [0.2, 0.25) is 0 Å². The SMILES string of the molecule is CCc1nc(C)cc2c1CN(c1cccc(N3CC4(CCC4)OC3=O)n1)C2=O. The Hall–Kier alpha value is -2.96. The van der Waals surface area contributed by atoms with Crippen LogP contribution >= 0.6 is 0 Å². The van der Waals surface area contributed by atoms with Crippen molar-refractivity contribution in [2.24, 2.45) is 0 Å². The van der Waals surface area contributed by atoms with Gasteiger partial charge in [0.05, 0.1) is 13.1 Å². The highest BCUT2D eigenvalue weighted by Crippen LogP contribution is 2.42. The second-order valence-electron chi connectivity index (χ2n) is 7.83. The Morgan fingerprint density at radius 2 is 1.89 bits per heavy atom. The number of rotatable bonds is 3. The first-order chi connectivity index (χ1) is 13.5. The van der Waals surface area contributed by atoms with Crippen LogP contribution in [0.3, 0.4) is 0 Å². The molecule has 2 fully saturated rings. The summed E-state index contributed by atoms with van der Waals surface area (Å²) in [6, 6.07) is 7.27. The van der Waals surface area contributed by atoms with Crippen LogP contribution in [0.5, 0.6) is 0 Å². The number of anilines is 2. The van der Waals surface area contributed by atoms with Crippen molar-refractivity contribution < 1.29 is 14.3 Å². The fourth-order valence-corrected chi connectivity index (χ4v) is 4.33. The fraction of sp³-hybridized carbons (Fsp3) is 0.429. The fourth-order valence-electron chi connectivity index (χ4n) is 4.33. The lowest BCUT2D eigenvalue weighted by molar-refractivity contribution is -0.00650. The molecule has 5 rings (SSSR count). The first kappa shape index (κ1) is 17.2. The number of amides is 2. The van der Waals surface area contributed by atoms with Crippen molar-refractivity contribution in [3.63, 3.8) is 0 Å². The molecule has 4 heterocycles. The predicted molar refractivity (Wildman–Crippen MR) is 104 cm³/mol. The molecule has 7 heteroatoms. The van der Waals surface area contributed by atoms with Gasteiger partial charge in [0.25, 0.3) is 5.91 Å². The molecule has 1 spiro atoms. The van der Waals surface area contributed by atoms with E-state index in [0.29, 0.717) is 30.3 Å². The van der Waals surface area contributed by atoms with E-state index in [2.05, 4.69) is 9.97 Å². The number of carbonyl (C=O) groups is 2. The van der Waals surface area contributed by atoms with Gasteiger partial charge in [0, 0.05) is 22.5 Å². The van der Waals surface area contributed by atoms with Crippen LogP contribution in [0.15, 0.2) is 24.3 Å². The van der Waals surface area contributed by atoms with Gasteiger partial charge >= 0.3 is 6.09 Å². The normalized spacial score (nSPS) is 19.8. The van der Waals surface area contributed by atoms with Crippen molar-refractivity contribution in [2.45, 2.75) is 51.7 Å². The van der Waals surface area contributed by atoms with E-state index in [1.807, 2.05) is 26.0 Å². The number of hydrogen-bond acceptors (Lipinski definition) is 5. The van der Waals surface area contributed by atoms with E-state index in [9.17, 15) is 9.59 Å². The molecule has 28 heavy (non-hydrogen) atoms. The van der Waals surface area contributed by atoms with Crippen LogP contribution in [-0.4, -0.2) is 34.1 Å². The van der Waals surface area contributed by atoms with Crippen molar-refractivity contribution >= 4 is 23.6 Å². The molecule has 1 aliphatic carbocycles. The van der Waals surface area contributed by atoms with Crippen LogP contribution in [0, 0.1) is 6.92 Å². The number of hydrogen-bond donors (Lipinski definition) is 0. The van der Waals surface area contributed by atoms with Crippen LogP contribution in [0.1, 0.15) is 53.5 Å². The average Bonchev–Trinajstić information content (AvgIpc) is 3.19. The Morgan fingerprint density at radius 1 is 1.14 bits per heavy atom. The number of fused-ring (bicyclic) bond motifs is 1. The summed E-state index contributed by atoms with van der Waals surface area (Å²) in [5, 5.41) is 0. The molecule has 0 N–H and O–H groups in total. The second kappa shape index (κ2) is 6.02. The molecule has 2 aliphatic heterocycles. The van der Waals surface area contributed by atoms with Gasteiger partial charge < -0.3 is 4.74 Å². The van der Waals surface area contributed by atoms with E-state index in [0.717, 1.165) is 42.6 Å². The molecule has 0 radical (unpaired) electrons. The predicted octanol–water partition coefficient (Wildman–Crippen LogP) is 3.39. The molecule has 0 bridgehead atoms. The molecule has 2 aromatic heterocycles. The molecule has 7 nitrogen and oxygen atoms in total. The van der Waals surface area contributed by atoms with Crippen molar-refractivity contribution in [1.82, 2.24) is 9.97 Å². The summed E-state index contributed by atoms with van der Waals surface area (Å²) >= 11 is 0. The number of aryl methyl sites for hydroxylation is 2. The van der Waals surface area contributed by atoms with Crippen LogP contribution in [0.4, 0.5) is 16.4 Å². The van der Waals surface area contributed by atoms with Gasteiger partial charge in [0.2, 0.25) is 0 Å². The van der Waals surface area contributed by atoms with Gasteiger partial charge in [-0.05, 0) is 50.8 Å². The summed E-state index contributed by atoms with van der Waals surface area (Å²) in [5.41, 5.74) is 3.13. The summed E-state index contributed by atoms with van der Waals surface area (Å²) in [6.45, 7) is 4.93. The van der Waals surface area contributed by atoms with Gasteiger partial charge in [-0.15, -0.1) is 0 Å². The second-order valence-corrected chi connectivity index (χ2v) is 7.83.